The molecule has 14 heavy (non-hydrogen) atoms. The molecule has 0 spiro atoms. The fourth-order valence-electron chi connectivity index (χ4n) is 1.87. The molecule has 80 valence electrons. The van der Waals surface area contributed by atoms with Gasteiger partial charge in [0, 0.05) is 18.6 Å². The molecule has 2 aliphatic rings. The lowest BCUT2D eigenvalue weighted by Crippen LogP contribution is -2.47. The largest absolute Gasteiger partial charge is 0.443 e. The Balaban J connectivity index is 1.74. The average molecular weight is 199 g/mol. The van der Waals surface area contributed by atoms with Gasteiger partial charge in [-0.2, -0.15) is 0 Å². The van der Waals surface area contributed by atoms with Crippen LogP contribution in [0.4, 0.5) is 4.79 Å². The molecule has 0 aromatic carbocycles. The summed E-state index contributed by atoms with van der Waals surface area (Å²) < 4.78 is 5.03. The Kier molecular flexibility index (Phi) is 2.60. The van der Waals surface area contributed by atoms with Crippen molar-refractivity contribution in [2.45, 2.75) is 25.0 Å². The molecule has 5 nitrogen and oxygen atoms in total. The molecule has 2 atom stereocenters. The van der Waals surface area contributed by atoms with Crippen LogP contribution in [0.5, 0.6) is 0 Å². The van der Waals surface area contributed by atoms with Gasteiger partial charge in [0.15, 0.2) is 0 Å². The van der Waals surface area contributed by atoms with Crippen LogP contribution in [0.2, 0.25) is 0 Å². The van der Waals surface area contributed by atoms with Crippen molar-refractivity contribution < 1.29 is 9.53 Å². The van der Waals surface area contributed by atoms with Gasteiger partial charge in [-0.3, -0.25) is 0 Å². The van der Waals surface area contributed by atoms with Gasteiger partial charge in [0.05, 0.1) is 6.54 Å². The van der Waals surface area contributed by atoms with E-state index in [4.69, 9.17) is 4.74 Å². The van der Waals surface area contributed by atoms with E-state index in [1.54, 1.807) is 0 Å². The van der Waals surface area contributed by atoms with E-state index in [2.05, 4.69) is 22.9 Å². The lowest BCUT2D eigenvalue weighted by atomic mass is 10.0. The molecular formula is C9H17N3O2. The number of hydrogen-bond acceptors (Lipinski definition) is 4. The number of alkyl carbamates (subject to hydrolysis) is 1. The van der Waals surface area contributed by atoms with Crippen LogP contribution < -0.4 is 16.0 Å². The monoisotopic (exact) mass is 199 g/mol. The third-order valence-electron chi connectivity index (χ3n) is 2.87. The minimum absolute atomic E-state index is 0.0140. The molecule has 0 bridgehead atoms. The van der Waals surface area contributed by atoms with E-state index in [0.717, 1.165) is 26.1 Å². The van der Waals surface area contributed by atoms with E-state index >= 15 is 0 Å². The number of cyclic esters (lactones) is 1. The maximum absolute atomic E-state index is 10.8. The topological polar surface area (TPSA) is 62.4 Å². The van der Waals surface area contributed by atoms with Crippen molar-refractivity contribution in [3.05, 3.63) is 0 Å². The van der Waals surface area contributed by atoms with Crippen LogP contribution in [0.1, 0.15) is 13.3 Å². The van der Waals surface area contributed by atoms with Crippen LogP contribution in [0.3, 0.4) is 0 Å². The Hall–Kier alpha value is -0.810. The number of nitrogens with one attached hydrogen (secondary N) is 3. The lowest BCUT2D eigenvalue weighted by molar-refractivity contribution is 0.134. The number of rotatable bonds is 3. The van der Waals surface area contributed by atoms with Gasteiger partial charge in [0.2, 0.25) is 0 Å². The summed E-state index contributed by atoms with van der Waals surface area (Å²) in [6, 6.07) is 0. The summed E-state index contributed by atoms with van der Waals surface area (Å²) in [4.78, 5) is 10.8. The number of carbonyl (C=O) groups is 1. The summed E-state index contributed by atoms with van der Waals surface area (Å²) >= 11 is 0. The predicted octanol–water partition coefficient (Wildman–Crippen LogP) is -0.564. The Morgan fingerprint density at radius 2 is 2.57 bits per heavy atom. The molecule has 2 fully saturated rings. The van der Waals surface area contributed by atoms with Crippen molar-refractivity contribution in [2.24, 2.45) is 0 Å². The van der Waals surface area contributed by atoms with Crippen LogP contribution in [0.15, 0.2) is 0 Å². The van der Waals surface area contributed by atoms with Crippen molar-refractivity contribution in [1.82, 2.24) is 16.0 Å². The first-order valence-corrected chi connectivity index (χ1v) is 5.08. The molecule has 0 radical (unpaired) electrons. The Morgan fingerprint density at radius 1 is 1.71 bits per heavy atom. The minimum atomic E-state index is -0.300. The maximum atomic E-state index is 10.8. The molecule has 0 aromatic rings. The molecule has 2 aliphatic heterocycles. The molecule has 2 unspecified atom stereocenters. The summed E-state index contributed by atoms with van der Waals surface area (Å²) in [5.41, 5.74) is 0.162. The van der Waals surface area contributed by atoms with E-state index in [1.807, 2.05) is 0 Å². The summed E-state index contributed by atoms with van der Waals surface area (Å²) in [5, 5.41) is 9.39. The third kappa shape index (κ3) is 2.16. The highest BCUT2D eigenvalue weighted by atomic mass is 16.6. The van der Waals surface area contributed by atoms with Crippen LogP contribution in [0, 0.1) is 0 Å². The first-order valence-electron chi connectivity index (χ1n) is 5.08. The lowest BCUT2D eigenvalue weighted by Gasteiger charge is -2.25. The smallest absolute Gasteiger partial charge is 0.407 e. The van der Waals surface area contributed by atoms with E-state index in [-0.39, 0.29) is 17.7 Å². The van der Waals surface area contributed by atoms with E-state index in [0.29, 0.717) is 6.54 Å². The molecule has 0 aliphatic carbocycles. The van der Waals surface area contributed by atoms with Crippen LogP contribution in [0.25, 0.3) is 0 Å². The van der Waals surface area contributed by atoms with Crippen LogP contribution in [-0.2, 0) is 4.74 Å². The van der Waals surface area contributed by atoms with Crippen molar-refractivity contribution in [3.63, 3.8) is 0 Å². The zero-order valence-electron chi connectivity index (χ0n) is 8.43. The van der Waals surface area contributed by atoms with E-state index in [9.17, 15) is 4.79 Å². The minimum Gasteiger partial charge on any atom is -0.443 e. The molecule has 1 amide bonds. The quantitative estimate of drug-likeness (QED) is 0.570. The first-order chi connectivity index (χ1) is 6.68. The zero-order valence-corrected chi connectivity index (χ0v) is 8.43. The van der Waals surface area contributed by atoms with Crippen LogP contribution >= 0.6 is 0 Å². The number of amides is 1. The fraction of sp³-hybridized carbons (Fsp3) is 0.889. The molecule has 5 heteroatoms. The van der Waals surface area contributed by atoms with Crippen molar-refractivity contribution >= 4 is 6.09 Å². The summed E-state index contributed by atoms with van der Waals surface area (Å²) in [7, 11) is 0. The second-order valence-corrected chi connectivity index (χ2v) is 4.28. The fourth-order valence-corrected chi connectivity index (χ4v) is 1.87. The van der Waals surface area contributed by atoms with Crippen LogP contribution in [-0.4, -0.2) is 43.9 Å². The van der Waals surface area contributed by atoms with Crippen molar-refractivity contribution in [2.75, 3.05) is 26.2 Å². The van der Waals surface area contributed by atoms with Crippen molar-refractivity contribution in [1.29, 1.82) is 0 Å². The standard InChI is InChI=1S/C9H17N3O2/c1-9(2-3-10-6-9)12-5-7-4-11-8(13)14-7/h7,10,12H,2-6H2,1H3,(H,11,13). The van der Waals surface area contributed by atoms with Crippen molar-refractivity contribution in [3.8, 4) is 0 Å². The number of hydrogen-bond donors (Lipinski definition) is 3. The van der Waals surface area contributed by atoms with Gasteiger partial charge >= 0.3 is 6.09 Å². The highest BCUT2D eigenvalue weighted by Crippen LogP contribution is 2.13. The van der Waals surface area contributed by atoms with E-state index in [1.165, 1.54) is 0 Å². The highest BCUT2D eigenvalue weighted by Gasteiger charge is 2.30. The van der Waals surface area contributed by atoms with Gasteiger partial charge in [-0.1, -0.05) is 0 Å². The average Bonchev–Trinajstić information content (AvgIpc) is 2.73. The Bertz CT molecular complexity index is 226. The predicted molar refractivity (Wildman–Crippen MR) is 52.2 cm³/mol. The Morgan fingerprint density at radius 3 is 3.14 bits per heavy atom. The molecule has 0 saturated carbocycles. The highest BCUT2D eigenvalue weighted by molar-refractivity contribution is 5.69. The molecule has 0 aromatic heterocycles. The first kappa shape index (κ1) is 9.73. The summed E-state index contributed by atoms with van der Waals surface area (Å²) in [6.45, 7) is 5.59. The van der Waals surface area contributed by atoms with Gasteiger partial charge in [-0.25, -0.2) is 4.79 Å². The molecule has 2 saturated heterocycles. The molecule has 2 rings (SSSR count). The molecule has 3 N–H and O–H groups in total. The second kappa shape index (κ2) is 3.74. The Labute approximate surface area is 83.6 Å². The normalized spacial score (nSPS) is 36.9. The van der Waals surface area contributed by atoms with Gasteiger partial charge in [0.1, 0.15) is 6.10 Å². The van der Waals surface area contributed by atoms with E-state index < -0.39 is 0 Å². The number of carbonyl (C=O) groups excluding carboxylic acids is 1. The SMILES string of the molecule is CC1(NCC2CNC(=O)O2)CCNC1. The molecular weight excluding hydrogens is 182 g/mol. The second-order valence-electron chi connectivity index (χ2n) is 4.28. The summed E-state index contributed by atoms with van der Waals surface area (Å²) in [5.74, 6) is 0. The molecule has 2 heterocycles. The number of ether oxygens (including phenoxy) is 1. The maximum Gasteiger partial charge on any atom is 0.407 e. The van der Waals surface area contributed by atoms with Gasteiger partial charge in [-0.15, -0.1) is 0 Å². The van der Waals surface area contributed by atoms with Gasteiger partial charge in [-0.05, 0) is 19.9 Å². The van der Waals surface area contributed by atoms with Gasteiger partial charge < -0.3 is 20.7 Å². The summed E-state index contributed by atoms with van der Waals surface area (Å²) in [6.07, 6.45) is 0.813. The van der Waals surface area contributed by atoms with Gasteiger partial charge in [0.25, 0.3) is 0 Å². The zero-order chi connectivity index (χ0) is 10.0. The third-order valence-corrected chi connectivity index (χ3v) is 2.87.